The zero-order chi connectivity index (χ0) is 13.9. The number of H-pyrrole nitrogens is 1. The molecule has 7 nitrogen and oxygen atoms in total. The van der Waals surface area contributed by atoms with Crippen LogP contribution < -0.4 is 5.32 Å². The lowest BCUT2D eigenvalue weighted by Gasteiger charge is -2.18. The van der Waals surface area contributed by atoms with E-state index in [9.17, 15) is 9.59 Å². The van der Waals surface area contributed by atoms with Crippen molar-refractivity contribution in [1.29, 1.82) is 0 Å². The number of hydrogen-bond donors (Lipinski definition) is 3. The Balaban J connectivity index is 2.65. The van der Waals surface area contributed by atoms with Crippen molar-refractivity contribution in [3.63, 3.8) is 0 Å². The second-order valence-electron chi connectivity index (χ2n) is 4.87. The van der Waals surface area contributed by atoms with E-state index in [1.54, 1.807) is 20.8 Å². The predicted molar refractivity (Wildman–Crippen MR) is 64.5 cm³/mol. The van der Waals surface area contributed by atoms with E-state index in [2.05, 4.69) is 15.3 Å². The van der Waals surface area contributed by atoms with Gasteiger partial charge in [0.2, 0.25) is 5.95 Å². The molecule has 7 heteroatoms. The van der Waals surface area contributed by atoms with Crippen molar-refractivity contribution in [2.24, 2.45) is 0 Å². The number of ether oxygens (including phenoxy) is 1. The molecule has 3 N–H and O–H groups in total. The minimum atomic E-state index is -0.970. The lowest BCUT2D eigenvalue weighted by molar-refractivity contribution is -0.138. The average Bonchev–Trinajstić information content (AvgIpc) is 2.61. The lowest BCUT2D eigenvalue weighted by atomic mass is 10.1. The zero-order valence-corrected chi connectivity index (χ0v) is 10.8. The maximum atomic E-state index is 11.4. The lowest BCUT2D eigenvalue weighted by Crippen LogP contribution is -2.27. The molecule has 0 fully saturated rings. The molecule has 1 heterocycles. The maximum absolute atomic E-state index is 11.4. The Hall–Kier alpha value is -2.05. The van der Waals surface area contributed by atoms with Crippen molar-refractivity contribution in [1.82, 2.24) is 9.97 Å². The molecule has 0 saturated heterocycles. The third-order valence-electron chi connectivity index (χ3n) is 2.05. The predicted octanol–water partition coefficient (Wildman–Crippen LogP) is 1.94. The summed E-state index contributed by atoms with van der Waals surface area (Å²) in [5.41, 5.74) is -0.193. The Morgan fingerprint density at radius 3 is 2.61 bits per heavy atom. The smallest absolute Gasteiger partial charge is 0.414 e. The Kier molecular flexibility index (Phi) is 3.95. The van der Waals surface area contributed by atoms with Gasteiger partial charge >= 0.3 is 12.1 Å². The molecule has 1 amide bonds. The number of nitrogens with zero attached hydrogens (tertiary/aromatic N) is 1. The van der Waals surface area contributed by atoms with Crippen LogP contribution in [-0.2, 0) is 9.53 Å². The monoisotopic (exact) mass is 255 g/mol. The molecule has 0 bridgehead atoms. The van der Waals surface area contributed by atoms with Gasteiger partial charge in [0.05, 0.1) is 17.8 Å². The van der Waals surface area contributed by atoms with Gasteiger partial charge < -0.3 is 14.8 Å². The number of aliphatic carboxylic acids is 1. The summed E-state index contributed by atoms with van der Waals surface area (Å²) in [5, 5.41) is 11.2. The summed E-state index contributed by atoms with van der Waals surface area (Å²) in [5.74, 6) is -1.53. The van der Waals surface area contributed by atoms with Crippen LogP contribution in [0.2, 0.25) is 0 Å². The number of imidazole rings is 1. The van der Waals surface area contributed by atoms with Crippen molar-refractivity contribution in [2.45, 2.75) is 39.2 Å². The molecule has 0 radical (unpaired) electrons. The summed E-state index contributed by atoms with van der Waals surface area (Å²) < 4.78 is 5.03. The van der Waals surface area contributed by atoms with Crippen LogP contribution in [0, 0.1) is 0 Å². The number of aromatic nitrogens is 2. The Labute approximate surface area is 105 Å². The number of aromatic amines is 1. The fourth-order valence-corrected chi connectivity index (χ4v) is 1.15. The number of anilines is 1. The van der Waals surface area contributed by atoms with Gasteiger partial charge in [-0.05, 0) is 27.7 Å². The molecule has 1 aromatic heterocycles. The van der Waals surface area contributed by atoms with Gasteiger partial charge in [0.15, 0.2) is 0 Å². The largest absolute Gasteiger partial charge is 0.481 e. The summed E-state index contributed by atoms with van der Waals surface area (Å²) in [7, 11) is 0. The summed E-state index contributed by atoms with van der Waals surface area (Å²) in [4.78, 5) is 28.8. The van der Waals surface area contributed by atoms with Crippen molar-refractivity contribution < 1.29 is 19.4 Å². The summed E-state index contributed by atoms with van der Waals surface area (Å²) in [6, 6.07) is 0. The van der Waals surface area contributed by atoms with Crippen LogP contribution in [0.15, 0.2) is 6.20 Å². The molecule has 0 aliphatic heterocycles. The normalized spacial score (nSPS) is 12.9. The van der Waals surface area contributed by atoms with Gasteiger partial charge in [-0.15, -0.1) is 0 Å². The van der Waals surface area contributed by atoms with E-state index >= 15 is 0 Å². The molecule has 1 rings (SSSR count). The SMILES string of the molecule is CC(C(=O)O)c1cnc(NC(=O)OC(C)(C)C)[nH]1. The van der Waals surface area contributed by atoms with Crippen LogP contribution in [-0.4, -0.2) is 32.7 Å². The summed E-state index contributed by atoms with van der Waals surface area (Å²) in [6.07, 6.45) is 0.720. The minimum Gasteiger partial charge on any atom is -0.481 e. The molecular formula is C11H17N3O4. The number of nitrogens with one attached hydrogen (secondary N) is 2. The molecule has 0 spiro atoms. The van der Waals surface area contributed by atoms with Crippen LogP contribution >= 0.6 is 0 Å². The van der Waals surface area contributed by atoms with Gasteiger partial charge in [-0.1, -0.05) is 0 Å². The third kappa shape index (κ3) is 4.08. The topological polar surface area (TPSA) is 104 Å². The first-order chi connectivity index (χ1) is 8.19. The highest BCUT2D eigenvalue weighted by Crippen LogP contribution is 2.15. The highest BCUT2D eigenvalue weighted by Gasteiger charge is 2.19. The van der Waals surface area contributed by atoms with Gasteiger partial charge in [0.25, 0.3) is 0 Å². The molecule has 0 saturated carbocycles. The number of carbonyl (C=O) groups is 2. The molecule has 1 atom stereocenters. The highest BCUT2D eigenvalue weighted by molar-refractivity contribution is 5.82. The van der Waals surface area contributed by atoms with Gasteiger partial charge in [0.1, 0.15) is 5.60 Å². The van der Waals surface area contributed by atoms with Crippen LogP contribution in [0.1, 0.15) is 39.3 Å². The van der Waals surface area contributed by atoms with Crippen LogP contribution in [0.5, 0.6) is 0 Å². The Bertz CT molecular complexity index is 447. The number of amides is 1. The van der Waals surface area contributed by atoms with Crippen molar-refractivity contribution >= 4 is 18.0 Å². The first-order valence-electron chi connectivity index (χ1n) is 5.47. The van der Waals surface area contributed by atoms with E-state index in [1.165, 1.54) is 13.1 Å². The van der Waals surface area contributed by atoms with E-state index in [1.807, 2.05) is 0 Å². The zero-order valence-electron chi connectivity index (χ0n) is 10.8. The van der Waals surface area contributed by atoms with Crippen molar-refractivity contribution in [3.8, 4) is 0 Å². The quantitative estimate of drug-likeness (QED) is 0.765. The molecular weight excluding hydrogens is 238 g/mol. The molecule has 18 heavy (non-hydrogen) atoms. The number of hydrogen-bond acceptors (Lipinski definition) is 4. The molecule has 100 valence electrons. The van der Waals surface area contributed by atoms with Crippen molar-refractivity contribution in [2.75, 3.05) is 5.32 Å². The van der Waals surface area contributed by atoms with Gasteiger partial charge in [-0.2, -0.15) is 0 Å². The minimum absolute atomic E-state index is 0.160. The number of carboxylic acid groups (broad SMARTS) is 1. The number of carbonyl (C=O) groups excluding carboxylic acids is 1. The molecule has 1 unspecified atom stereocenters. The fourth-order valence-electron chi connectivity index (χ4n) is 1.15. The van der Waals surface area contributed by atoms with E-state index in [-0.39, 0.29) is 5.95 Å². The molecule has 0 aliphatic rings. The van der Waals surface area contributed by atoms with E-state index in [0.29, 0.717) is 5.69 Å². The first-order valence-corrected chi connectivity index (χ1v) is 5.47. The van der Waals surface area contributed by atoms with Crippen LogP contribution in [0.25, 0.3) is 0 Å². The molecule has 0 aliphatic carbocycles. The van der Waals surface area contributed by atoms with E-state index in [0.717, 1.165) is 0 Å². The van der Waals surface area contributed by atoms with Crippen molar-refractivity contribution in [3.05, 3.63) is 11.9 Å². The number of carboxylic acids is 1. The standard InChI is InChI=1S/C11H17N3O4/c1-6(8(15)16)7-5-12-9(13-7)14-10(17)18-11(2,3)4/h5-6H,1-4H3,(H,15,16)(H2,12,13,14,17). The Morgan fingerprint density at radius 1 is 1.50 bits per heavy atom. The first kappa shape index (κ1) is 14.0. The number of rotatable bonds is 3. The summed E-state index contributed by atoms with van der Waals surface area (Å²) >= 11 is 0. The average molecular weight is 255 g/mol. The van der Waals surface area contributed by atoms with Crippen LogP contribution in [0.3, 0.4) is 0 Å². The fraction of sp³-hybridized carbons (Fsp3) is 0.545. The second kappa shape index (κ2) is 5.07. The van der Waals surface area contributed by atoms with Gasteiger partial charge in [-0.3, -0.25) is 10.1 Å². The third-order valence-corrected chi connectivity index (χ3v) is 2.05. The summed E-state index contributed by atoms with van der Waals surface area (Å²) in [6.45, 7) is 6.75. The maximum Gasteiger partial charge on any atom is 0.414 e. The highest BCUT2D eigenvalue weighted by atomic mass is 16.6. The van der Waals surface area contributed by atoms with E-state index in [4.69, 9.17) is 9.84 Å². The van der Waals surface area contributed by atoms with Gasteiger partial charge in [-0.25, -0.2) is 9.78 Å². The van der Waals surface area contributed by atoms with Crippen LogP contribution in [0.4, 0.5) is 10.7 Å². The Morgan fingerprint density at radius 2 is 2.11 bits per heavy atom. The molecule has 0 aromatic carbocycles. The van der Waals surface area contributed by atoms with E-state index < -0.39 is 23.6 Å². The second-order valence-corrected chi connectivity index (χ2v) is 4.87. The van der Waals surface area contributed by atoms with Gasteiger partial charge in [0, 0.05) is 0 Å². The molecule has 1 aromatic rings.